The third-order valence-electron chi connectivity index (χ3n) is 3.39. The number of hydrogen-bond donors (Lipinski definition) is 2. The van der Waals surface area contributed by atoms with Crippen LogP contribution in [0.2, 0.25) is 0 Å². The fourth-order valence-corrected chi connectivity index (χ4v) is 2.48. The first-order valence-corrected chi connectivity index (χ1v) is 6.08. The van der Waals surface area contributed by atoms with Gasteiger partial charge in [0, 0.05) is 39.3 Å². The molecule has 1 fully saturated rings. The summed E-state index contributed by atoms with van der Waals surface area (Å²) < 4.78 is 5.13. The molecule has 0 aromatic rings. The van der Waals surface area contributed by atoms with Crippen LogP contribution >= 0.6 is 0 Å². The quantitative estimate of drug-likeness (QED) is 0.662. The summed E-state index contributed by atoms with van der Waals surface area (Å²) in [6.45, 7) is 4.71. The highest BCUT2D eigenvalue weighted by molar-refractivity contribution is 5.08. The molecule has 16 heavy (non-hydrogen) atoms. The van der Waals surface area contributed by atoms with Crippen molar-refractivity contribution in [2.45, 2.75) is 25.0 Å². The minimum absolute atomic E-state index is 0.144. The van der Waals surface area contributed by atoms with Crippen molar-refractivity contribution in [2.75, 3.05) is 39.9 Å². The van der Waals surface area contributed by atoms with Crippen molar-refractivity contribution in [2.24, 2.45) is 0 Å². The predicted octanol–water partition coefficient (Wildman–Crippen LogP) is -0.0123. The number of aliphatic hydroxyl groups is 1. The monoisotopic (exact) mass is 226 g/mol. The molecule has 1 saturated heterocycles. The number of methoxy groups -OCH3 is 1. The topological polar surface area (TPSA) is 44.7 Å². The van der Waals surface area contributed by atoms with E-state index < -0.39 is 0 Å². The van der Waals surface area contributed by atoms with Gasteiger partial charge in [-0.15, -0.1) is 0 Å². The molecule has 2 N–H and O–H groups in total. The zero-order chi connectivity index (χ0) is 11.4. The molecule has 0 saturated carbocycles. The Morgan fingerprint density at radius 1 is 1.62 bits per heavy atom. The molecule has 2 rings (SSSR count). The Hall–Kier alpha value is -0.420. The summed E-state index contributed by atoms with van der Waals surface area (Å²) >= 11 is 0. The molecule has 0 amide bonds. The standard InChI is InChI=1S/C12H22N2O2/c1-16-9-10-2-4-14(5-3-10)8-11-6-12(15)7-13-11/h2,11-13,15H,3-9H2,1H3. The second-order valence-electron chi connectivity index (χ2n) is 4.80. The van der Waals surface area contributed by atoms with E-state index in [9.17, 15) is 5.11 Å². The number of hydrogen-bond acceptors (Lipinski definition) is 4. The summed E-state index contributed by atoms with van der Waals surface area (Å²) in [5.41, 5.74) is 1.41. The van der Waals surface area contributed by atoms with Crippen LogP contribution in [0.5, 0.6) is 0 Å². The highest BCUT2D eigenvalue weighted by Gasteiger charge is 2.24. The summed E-state index contributed by atoms with van der Waals surface area (Å²) in [5, 5.41) is 12.8. The van der Waals surface area contributed by atoms with Crippen molar-refractivity contribution in [3.8, 4) is 0 Å². The van der Waals surface area contributed by atoms with Crippen LogP contribution in [-0.2, 0) is 4.74 Å². The fourth-order valence-electron chi connectivity index (χ4n) is 2.48. The molecule has 2 aliphatic rings. The van der Waals surface area contributed by atoms with E-state index in [1.807, 2.05) is 0 Å². The van der Waals surface area contributed by atoms with Gasteiger partial charge in [-0.1, -0.05) is 6.08 Å². The average molecular weight is 226 g/mol. The van der Waals surface area contributed by atoms with Crippen molar-refractivity contribution in [3.63, 3.8) is 0 Å². The molecule has 4 heteroatoms. The van der Waals surface area contributed by atoms with E-state index in [2.05, 4.69) is 16.3 Å². The Morgan fingerprint density at radius 3 is 3.06 bits per heavy atom. The number of ether oxygens (including phenoxy) is 1. The lowest BCUT2D eigenvalue weighted by Crippen LogP contribution is -2.39. The van der Waals surface area contributed by atoms with Crippen LogP contribution in [0.3, 0.4) is 0 Å². The van der Waals surface area contributed by atoms with Crippen LogP contribution in [0.25, 0.3) is 0 Å². The Morgan fingerprint density at radius 2 is 2.50 bits per heavy atom. The van der Waals surface area contributed by atoms with E-state index in [4.69, 9.17) is 4.74 Å². The van der Waals surface area contributed by atoms with Gasteiger partial charge in [-0.25, -0.2) is 0 Å². The molecule has 0 aromatic carbocycles. The molecule has 4 nitrogen and oxygen atoms in total. The number of rotatable bonds is 4. The van der Waals surface area contributed by atoms with Crippen LogP contribution in [0.4, 0.5) is 0 Å². The molecule has 2 aliphatic heterocycles. The number of aliphatic hydroxyl groups excluding tert-OH is 1. The van der Waals surface area contributed by atoms with E-state index in [0.29, 0.717) is 6.04 Å². The molecule has 0 aromatic heterocycles. The van der Waals surface area contributed by atoms with Crippen LogP contribution in [0.15, 0.2) is 11.6 Å². The summed E-state index contributed by atoms with van der Waals surface area (Å²) in [4.78, 5) is 2.44. The Balaban J connectivity index is 1.72. The first kappa shape index (κ1) is 12.0. The van der Waals surface area contributed by atoms with Gasteiger partial charge in [0.15, 0.2) is 0 Å². The maximum Gasteiger partial charge on any atom is 0.0680 e. The van der Waals surface area contributed by atoms with E-state index in [1.165, 1.54) is 5.57 Å². The zero-order valence-corrected chi connectivity index (χ0v) is 9.98. The van der Waals surface area contributed by atoms with Gasteiger partial charge >= 0.3 is 0 Å². The third kappa shape index (κ3) is 3.28. The summed E-state index contributed by atoms with van der Waals surface area (Å²) in [5.74, 6) is 0. The van der Waals surface area contributed by atoms with E-state index in [0.717, 1.165) is 45.6 Å². The van der Waals surface area contributed by atoms with E-state index in [-0.39, 0.29) is 6.10 Å². The number of nitrogens with zero attached hydrogens (tertiary/aromatic N) is 1. The van der Waals surface area contributed by atoms with E-state index in [1.54, 1.807) is 7.11 Å². The first-order chi connectivity index (χ1) is 7.78. The maximum absolute atomic E-state index is 9.43. The molecule has 0 bridgehead atoms. The van der Waals surface area contributed by atoms with Gasteiger partial charge in [0.25, 0.3) is 0 Å². The van der Waals surface area contributed by atoms with Crippen LogP contribution < -0.4 is 5.32 Å². The van der Waals surface area contributed by atoms with E-state index >= 15 is 0 Å². The smallest absolute Gasteiger partial charge is 0.0680 e. The lowest BCUT2D eigenvalue weighted by atomic mass is 10.1. The zero-order valence-electron chi connectivity index (χ0n) is 9.98. The average Bonchev–Trinajstić information content (AvgIpc) is 2.67. The summed E-state index contributed by atoms with van der Waals surface area (Å²) in [6.07, 6.45) is 4.14. The Bertz CT molecular complexity index is 255. The molecule has 92 valence electrons. The van der Waals surface area contributed by atoms with Gasteiger partial charge in [0.2, 0.25) is 0 Å². The summed E-state index contributed by atoms with van der Waals surface area (Å²) in [6, 6.07) is 0.465. The van der Waals surface area contributed by atoms with Crippen molar-refractivity contribution in [1.29, 1.82) is 0 Å². The second kappa shape index (κ2) is 5.77. The molecule has 2 atom stereocenters. The molecule has 0 aliphatic carbocycles. The lowest BCUT2D eigenvalue weighted by Gasteiger charge is -2.28. The van der Waals surface area contributed by atoms with Crippen molar-refractivity contribution in [3.05, 3.63) is 11.6 Å². The molecule has 0 spiro atoms. The molecular formula is C12H22N2O2. The summed E-state index contributed by atoms with van der Waals surface area (Å²) in [7, 11) is 1.75. The van der Waals surface area contributed by atoms with Crippen LogP contribution in [0.1, 0.15) is 12.8 Å². The Kier molecular flexibility index (Phi) is 4.35. The van der Waals surface area contributed by atoms with Crippen molar-refractivity contribution >= 4 is 0 Å². The minimum atomic E-state index is -0.144. The molecule has 0 radical (unpaired) electrons. The largest absolute Gasteiger partial charge is 0.392 e. The van der Waals surface area contributed by atoms with Crippen LogP contribution in [-0.4, -0.2) is 62.0 Å². The molecular weight excluding hydrogens is 204 g/mol. The fraction of sp³-hybridized carbons (Fsp3) is 0.833. The van der Waals surface area contributed by atoms with Gasteiger partial charge in [0.1, 0.15) is 0 Å². The van der Waals surface area contributed by atoms with Gasteiger partial charge in [-0.05, 0) is 18.4 Å². The highest BCUT2D eigenvalue weighted by Crippen LogP contribution is 2.14. The second-order valence-corrected chi connectivity index (χ2v) is 4.80. The van der Waals surface area contributed by atoms with Gasteiger partial charge < -0.3 is 15.2 Å². The number of nitrogens with one attached hydrogen (secondary N) is 1. The van der Waals surface area contributed by atoms with Crippen molar-refractivity contribution in [1.82, 2.24) is 10.2 Å². The Labute approximate surface area is 97.3 Å². The van der Waals surface area contributed by atoms with Crippen LogP contribution in [0, 0.1) is 0 Å². The molecule has 2 unspecified atom stereocenters. The SMILES string of the molecule is COCC1=CCN(CC2CC(O)CN2)CC1. The highest BCUT2D eigenvalue weighted by atomic mass is 16.5. The van der Waals surface area contributed by atoms with Crippen molar-refractivity contribution < 1.29 is 9.84 Å². The molecule has 2 heterocycles. The maximum atomic E-state index is 9.43. The first-order valence-electron chi connectivity index (χ1n) is 6.08. The van der Waals surface area contributed by atoms with Gasteiger partial charge in [-0.3, -0.25) is 4.90 Å². The predicted molar refractivity (Wildman–Crippen MR) is 63.4 cm³/mol. The van der Waals surface area contributed by atoms with Gasteiger partial charge in [-0.2, -0.15) is 0 Å². The normalized spacial score (nSPS) is 31.8. The van der Waals surface area contributed by atoms with Gasteiger partial charge in [0.05, 0.1) is 12.7 Å². The minimum Gasteiger partial charge on any atom is -0.392 e. The third-order valence-corrected chi connectivity index (χ3v) is 3.39. The lowest BCUT2D eigenvalue weighted by molar-refractivity contribution is 0.186. The number of β-amino-alcohol motifs (C(OH)–C–C–N with tert-alkyl or cyclic N) is 1.